The van der Waals surface area contributed by atoms with Crippen molar-refractivity contribution in [3.8, 4) is 5.75 Å². The molecule has 2 atom stereocenters. The topological polar surface area (TPSA) is 88.9 Å². The van der Waals surface area contributed by atoms with Gasteiger partial charge in [-0.3, -0.25) is 9.78 Å². The molecule has 0 aliphatic rings. The number of aromatic nitrogens is 1. The van der Waals surface area contributed by atoms with Crippen LogP contribution in [0.25, 0.3) is 0 Å². The highest BCUT2D eigenvalue weighted by Gasteiger charge is 2.22. The second kappa shape index (κ2) is 6.17. The van der Waals surface area contributed by atoms with Gasteiger partial charge in [-0.25, -0.2) is 0 Å². The van der Waals surface area contributed by atoms with Crippen LogP contribution in [0.2, 0.25) is 0 Å². The lowest BCUT2D eigenvalue weighted by Gasteiger charge is -2.17. The van der Waals surface area contributed by atoms with Crippen LogP contribution in [0.3, 0.4) is 0 Å². The van der Waals surface area contributed by atoms with Gasteiger partial charge in [-0.1, -0.05) is 0 Å². The SMILES string of the molecule is COC(=O)CC(O)C(O)c1cncc(OC)c1. The molecule has 0 radical (unpaired) electrons. The molecule has 0 bridgehead atoms. The molecule has 0 spiro atoms. The molecule has 0 amide bonds. The van der Waals surface area contributed by atoms with E-state index in [2.05, 4.69) is 9.72 Å². The molecule has 1 rings (SSSR count). The first-order valence-corrected chi connectivity index (χ1v) is 5.00. The number of pyridine rings is 1. The van der Waals surface area contributed by atoms with Gasteiger partial charge in [0.15, 0.2) is 0 Å². The lowest BCUT2D eigenvalue weighted by molar-refractivity contribution is -0.144. The maximum atomic E-state index is 10.9. The van der Waals surface area contributed by atoms with Gasteiger partial charge < -0.3 is 19.7 Å². The third-order valence-electron chi connectivity index (χ3n) is 2.28. The number of methoxy groups -OCH3 is 2. The molecule has 0 aliphatic heterocycles. The normalized spacial score (nSPS) is 13.9. The van der Waals surface area contributed by atoms with Crippen molar-refractivity contribution in [2.45, 2.75) is 18.6 Å². The maximum Gasteiger partial charge on any atom is 0.308 e. The van der Waals surface area contributed by atoms with Gasteiger partial charge in [0.25, 0.3) is 0 Å². The van der Waals surface area contributed by atoms with Gasteiger partial charge in [-0.05, 0) is 6.07 Å². The first-order valence-electron chi connectivity index (χ1n) is 5.00. The van der Waals surface area contributed by atoms with Crippen LogP contribution in [0.1, 0.15) is 18.1 Å². The smallest absolute Gasteiger partial charge is 0.308 e. The maximum absolute atomic E-state index is 10.9. The minimum Gasteiger partial charge on any atom is -0.495 e. The zero-order valence-electron chi connectivity index (χ0n) is 9.66. The van der Waals surface area contributed by atoms with Crippen molar-refractivity contribution in [2.75, 3.05) is 14.2 Å². The van der Waals surface area contributed by atoms with Crippen molar-refractivity contribution in [2.24, 2.45) is 0 Å². The molecule has 0 fully saturated rings. The number of hydrogen-bond acceptors (Lipinski definition) is 6. The van der Waals surface area contributed by atoms with Crippen LogP contribution in [0, 0.1) is 0 Å². The number of carbonyl (C=O) groups is 1. The Morgan fingerprint density at radius 3 is 2.71 bits per heavy atom. The third kappa shape index (κ3) is 3.69. The Morgan fingerprint density at radius 2 is 2.12 bits per heavy atom. The number of aliphatic hydroxyl groups excluding tert-OH is 2. The predicted octanol–water partition coefficient (Wildman–Crippen LogP) is 0.0476. The van der Waals surface area contributed by atoms with Gasteiger partial charge in [0, 0.05) is 11.8 Å². The van der Waals surface area contributed by atoms with E-state index >= 15 is 0 Å². The standard InChI is InChI=1S/C11H15NO5/c1-16-8-3-7(5-12-6-8)11(15)9(13)4-10(14)17-2/h3,5-6,9,11,13,15H,4H2,1-2H3. The largest absolute Gasteiger partial charge is 0.495 e. The second-order valence-electron chi connectivity index (χ2n) is 3.45. The van der Waals surface area contributed by atoms with Gasteiger partial charge in [0.2, 0.25) is 0 Å². The van der Waals surface area contributed by atoms with Gasteiger partial charge in [-0.2, -0.15) is 0 Å². The first kappa shape index (κ1) is 13.4. The molecule has 0 saturated carbocycles. The van der Waals surface area contributed by atoms with Gasteiger partial charge in [0.1, 0.15) is 11.9 Å². The summed E-state index contributed by atoms with van der Waals surface area (Å²) in [5, 5.41) is 19.4. The fraction of sp³-hybridized carbons (Fsp3) is 0.455. The van der Waals surface area contributed by atoms with Crippen molar-refractivity contribution in [3.05, 3.63) is 24.0 Å². The van der Waals surface area contributed by atoms with Gasteiger partial charge in [0.05, 0.1) is 32.9 Å². The zero-order valence-corrected chi connectivity index (χ0v) is 9.66. The summed E-state index contributed by atoms with van der Waals surface area (Å²) >= 11 is 0. The molecular formula is C11H15NO5. The van der Waals surface area contributed by atoms with E-state index in [1.54, 1.807) is 0 Å². The molecule has 1 aromatic heterocycles. The average Bonchev–Trinajstić information content (AvgIpc) is 2.37. The summed E-state index contributed by atoms with van der Waals surface area (Å²) in [5.41, 5.74) is 0.376. The number of rotatable bonds is 5. The van der Waals surface area contributed by atoms with Crippen molar-refractivity contribution in [3.63, 3.8) is 0 Å². The highest BCUT2D eigenvalue weighted by atomic mass is 16.5. The van der Waals surface area contributed by atoms with E-state index in [9.17, 15) is 15.0 Å². The summed E-state index contributed by atoms with van der Waals surface area (Å²) < 4.78 is 9.34. The summed E-state index contributed by atoms with van der Waals surface area (Å²) in [4.78, 5) is 14.8. The molecule has 1 aromatic rings. The van der Waals surface area contributed by atoms with Crippen LogP contribution in [0.5, 0.6) is 5.75 Å². The van der Waals surface area contributed by atoms with Crippen LogP contribution in [-0.4, -0.2) is 41.5 Å². The average molecular weight is 241 g/mol. The number of esters is 1. The molecule has 0 aromatic carbocycles. The molecule has 2 N–H and O–H groups in total. The van der Waals surface area contributed by atoms with E-state index in [4.69, 9.17) is 4.74 Å². The number of hydrogen-bond donors (Lipinski definition) is 2. The molecule has 17 heavy (non-hydrogen) atoms. The second-order valence-corrected chi connectivity index (χ2v) is 3.45. The minimum absolute atomic E-state index is 0.283. The van der Waals surface area contributed by atoms with Crippen LogP contribution in [0.4, 0.5) is 0 Å². The lowest BCUT2D eigenvalue weighted by Crippen LogP contribution is -2.22. The summed E-state index contributed by atoms with van der Waals surface area (Å²) in [6.45, 7) is 0. The summed E-state index contributed by atoms with van der Waals surface area (Å²) in [5.74, 6) is -0.126. The number of carbonyl (C=O) groups excluding carboxylic acids is 1. The first-order chi connectivity index (χ1) is 8.08. The highest BCUT2D eigenvalue weighted by Crippen LogP contribution is 2.21. The van der Waals surface area contributed by atoms with Crippen LogP contribution >= 0.6 is 0 Å². The van der Waals surface area contributed by atoms with Gasteiger partial charge >= 0.3 is 5.97 Å². The van der Waals surface area contributed by atoms with Crippen LogP contribution in [0.15, 0.2) is 18.5 Å². The lowest BCUT2D eigenvalue weighted by atomic mass is 10.0. The quantitative estimate of drug-likeness (QED) is 0.708. The summed E-state index contributed by atoms with van der Waals surface area (Å²) in [6, 6.07) is 1.54. The molecular weight excluding hydrogens is 226 g/mol. The Kier molecular flexibility index (Phi) is 4.86. The van der Waals surface area contributed by atoms with E-state index in [0.717, 1.165) is 0 Å². The third-order valence-corrected chi connectivity index (χ3v) is 2.28. The monoisotopic (exact) mass is 241 g/mol. The fourth-order valence-corrected chi connectivity index (χ4v) is 1.30. The fourth-order valence-electron chi connectivity index (χ4n) is 1.30. The molecule has 2 unspecified atom stereocenters. The molecule has 0 saturated heterocycles. The van der Waals surface area contributed by atoms with E-state index in [1.807, 2.05) is 0 Å². The molecule has 0 aliphatic carbocycles. The van der Waals surface area contributed by atoms with Crippen molar-refractivity contribution < 1.29 is 24.5 Å². The predicted molar refractivity (Wildman–Crippen MR) is 58.4 cm³/mol. The minimum atomic E-state index is -1.24. The van der Waals surface area contributed by atoms with Crippen molar-refractivity contribution in [1.29, 1.82) is 0 Å². The molecule has 94 valence electrons. The number of nitrogens with zero attached hydrogens (tertiary/aromatic N) is 1. The Bertz CT molecular complexity index is 382. The zero-order chi connectivity index (χ0) is 12.8. The molecule has 1 heterocycles. The Balaban J connectivity index is 2.73. The Labute approximate surface area is 98.8 Å². The summed E-state index contributed by atoms with van der Waals surface area (Å²) in [6.07, 6.45) is 0.138. The van der Waals surface area contributed by atoms with Crippen LogP contribution < -0.4 is 4.74 Å². The van der Waals surface area contributed by atoms with Gasteiger partial charge in [-0.15, -0.1) is 0 Å². The van der Waals surface area contributed by atoms with E-state index in [-0.39, 0.29) is 6.42 Å². The van der Waals surface area contributed by atoms with E-state index in [0.29, 0.717) is 11.3 Å². The number of aliphatic hydroxyl groups is 2. The molecule has 6 nitrogen and oxygen atoms in total. The highest BCUT2D eigenvalue weighted by molar-refractivity contribution is 5.69. The summed E-state index contributed by atoms with van der Waals surface area (Å²) in [7, 11) is 2.69. The van der Waals surface area contributed by atoms with E-state index in [1.165, 1.54) is 32.7 Å². The Hall–Kier alpha value is -1.66. The number of ether oxygens (including phenoxy) is 2. The Morgan fingerprint density at radius 1 is 1.41 bits per heavy atom. The van der Waals surface area contributed by atoms with Crippen molar-refractivity contribution >= 4 is 5.97 Å². The van der Waals surface area contributed by atoms with Crippen molar-refractivity contribution in [1.82, 2.24) is 4.98 Å². The van der Waals surface area contributed by atoms with E-state index < -0.39 is 18.2 Å². The van der Waals surface area contributed by atoms with Crippen LogP contribution in [-0.2, 0) is 9.53 Å². The molecule has 6 heteroatoms.